The second kappa shape index (κ2) is 9.68. The van der Waals surface area contributed by atoms with Crippen molar-refractivity contribution >= 4 is 50.5 Å². The minimum absolute atomic E-state index is 0.129. The number of halogens is 1. The molecule has 4 rings (SSSR count). The molecular formula is C21H24ClN7O5S. The topological polar surface area (TPSA) is 183 Å². The molecule has 2 amide bonds. The van der Waals surface area contributed by atoms with Crippen LogP contribution in [0.2, 0.25) is 5.02 Å². The average Bonchev–Trinajstić information content (AvgIpc) is 3.27. The van der Waals surface area contributed by atoms with Crippen molar-refractivity contribution in [1.29, 1.82) is 0 Å². The fourth-order valence-corrected chi connectivity index (χ4v) is 5.14. The molecule has 1 saturated heterocycles. The second-order valence-corrected chi connectivity index (χ2v) is 10.4. The summed E-state index contributed by atoms with van der Waals surface area (Å²) in [4.78, 5) is 38.6. The van der Waals surface area contributed by atoms with Gasteiger partial charge in [-0.15, -0.1) is 0 Å². The molecule has 2 aromatic heterocycles. The monoisotopic (exact) mass is 521 g/mol. The van der Waals surface area contributed by atoms with E-state index in [2.05, 4.69) is 25.6 Å². The zero-order valence-corrected chi connectivity index (χ0v) is 20.0. The maximum atomic E-state index is 13.5. The Bertz CT molecular complexity index is 1340. The summed E-state index contributed by atoms with van der Waals surface area (Å²) in [5.74, 6) is -0.534. The van der Waals surface area contributed by atoms with Crippen LogP contribution in [0.25, 0.3) is 11.0 Å². The molecule has 0 spiro atoms. The molecule has 0 bridgehead atoms. The predicted molar refractivity (Wildman–Crippen MR) is 130 cm³/mol. The lowest BCUT2D eigenvalue weighted by Gasteiger charge is -2.41. The van der Waals surface area contributed by atoms with E-state index in [0.717, 1.165) is 5.39 Å². The van der Waals surface area contributed by atoms with E-state index in [1.165, 1.54) is 6.33 Å². The molecule has 1 atom stereocenters. The van der Waals surface area contributed by atoms with E-state index in [1.807, 2.05) is 11.0 Å². The smallest absolute Gasteiger partial charge is 0.405 e. The number of nitrogens with two attached hydrogens (primary N) is 1. The number of carbonyl (C=O) groups excluding carboxylic acids is 1. The van der Waals surface area contributed by atoms with Gasteiger partial charge in [-0.3, -0.25) is 4.79 Å². The molecule has 1 fully saturated rings. The number of hydrogen-bond acceptors (Lipinski definition) is 7. The molecule has 0 radical (unpaired) electrons. The fourth-order valence-electron chi connectivity index (χ4n) is 4.27. The number of aromatic amines is 1. The van der Waals surface area contributed by atoms with Crippen LogP contribution >= 0.6 is 11.6 Å². The molecule has 1 aromatic carbocycles. The van der Waals surface area contributed by atoms with Crippen LogP contribution in [0.3, 0.4) is 0 Å². The van der Waals surface area contributed by atoms with E-state index < -0.39 is 39.4 Å². The molecule has 1 unspecified atom stereocenters. The van der Waals surface area contributed by atoms with E-state index in [0.29, 0.717) is 35.1 Å². The zero-order chi connectivity index (χ0) is 25.2. The first kappa shape index (κ1) is 24.7. The average molecular weight is 522 g/mol. The third kappa shape index (κ3) is 5.63. The van der Waals surface area contributed by atoms with Gasteiger partial charge in [-0.25, -0.2) is 28.3 Å². The Labute approximate surface area is 205 Å². The first-order valence-corrected chi connectivity index (χ1v) is 12.8. The summed E-state index contributed by atoms with van der Waals surface area (Å²) in [7, 11) is -3.97. The maximum Gasteiger partial charge on any atom is 0.405 e. The van der Waals surface area contributed by atoms with Gasteiger partial charge in [-0.1, -0.05) is 23.7 Å². The number of hydrogen-bond donors (Lipinski definition) is 5. The van der Waals surface area contributed by atoms with Crippen molar-refractivity contribution in [3.8, 4) is 0 Å². The van der Waals surface area contributed by atoms with E-state index in [9.17, 15) is 23.1 Å². The van der Waals surface area contributed by atoms with Crippen molar-refractivity contribution in [3.63, 3.8) is 0 Å². The van der Waals surface area contributed by atoms with E-state index in [4.69, 9.17) is 16.7 Å². The number of carbonyl (C=O) groups is 2. The maximum absolute atomic E-state index is 13.5. The van der Waals surface area contributed by atoms with Crippen LogP contribution in [0.1, 0.15) is 24.4 Å². The van der Waals surface area contributed by atoms with Crippen molar-refractivity contribution in [3.05, 3.63) is 53.4 Å². The Balaban J connectivity index is 1.57. The molecule has 0 aliphatic carbocycles. The number of anilines is 1. The van der Waals surface area contributed by atoms with Gasteiger partial charge in [0, 0.05) is 24.3 Å². The normalized spacial score (nSPS) is 16.6. The van der Waals surface area contributed by atoms with Gasteiger partial charge in [0.25, 0.3) is 0 Å². The van der Waals surface area contributed by atoms with Crippen molar-refractivity contribution in [1.82, 2.24) is 25.6 Å². The van der Waals surface area contributed by atoms with E-state index in [-0.39, 0.29) is 12.8 Å². The van der Waals surface area contributed by atoms with Gasteiger partial charge in [0.15, 0.2) is 0 Å². The summed E-state index contributed by atoms with van der Waals surface area (Å²) in [5, 5.41) is 21.0. The Morgan fingerprint density at radius 1 is 1.20 bits per heavy atom. The highest BCUT2D eigenvalue weighted by molar-refractivity contribution is 7.89. The van der Waals surface area contributed by atoms with Gasteiger partial charge < -0.3 is 25.6 Å². The number of benzene rings is 1. The molecule has 3 heterocycles. The Morgan fingerprint density at radius 2 is 1.89 bits per heavy atom. The number of aromatic nitrogens is 3. The Hall–Kier alpha value is -3.42. The third-order valence-corrected chi connectivity index (χ3v) is 7.06. The van der Waals surface area contributed by atoms with Crippen LogP contribution in [0, 0.1) is 0 Å². The number of rotatable bonds is 7. The minimum Gasteiger partial charge on any atom is -0.465 e. The largest absolute Gasteiger partial charge is 0.465 e. The SMILES string of the molecule is NS(=O)(=O)CC(NC(=O)C1(NC(=O)O)CCN(c2ncnc3[nH]ccc23)CC1)c1ccc(Cl)cc1. The first-order chi connectivity index (χ1) is 16.6. The number of amides is 2. The lowest BCUT2D eigenvalue weighted by atomic mass is 9.86. The predicted octanol–water partition coefficient (Wildman–Crippen LogP) is 1.36. The van der Waals surface area contributed by atoms with Crippen LogP contribution in [-0.2, 0) is 14.8 Å². The highest BCUT2D eigenvalue weighted by Crippen LogP contribution is 2.30. The summed E-state index contributed by atoms with van der Waals surface area (Å²) in [6, 6.07) is 7.13. The summed E-state index contributed by atoms with van der Waals surface area (Å²) < 4.78 is 23.7. The van der Waals surface area contributed by atoms with Crippen LogP contribution in [0.15, 0.2) is 42.9 Å². The molecule has 1 aliphatic rings. The van der Waals surface area contributed by atoms with Crippen molar-refractivity contribution in [2.75, 3.05) is 23.7 Å². The van der Waals surface area contributed by atoms with Gasteiger partial charge in [-0.05, 0) is 36.6 Å². The summed E-state index contributed by atoms with van der Waals surface area (Å²) in [5.41, 5.74) is -0.340. The van der Waals surface area contributed by atoms with Gasteiger partial charge in [0.2, 0.25) is 15.9 Å². The van der Waals surface area contributed by atoms with E-state index in [1.54, 1.807) is 30.5 Å². The Morgan fingerprint density at radius 3 is 2.51 bits per heavy atom. The van der Waals surface area contributed by atoms with Crippen LogP contribution in [0.4, 0.5) is 10.6 Å². The van der Waals surface area contributed by atoms with Crippen molar-refractivity contribution in [2.24, 2.45) is 5.14 Å². The van der Waals surface area contributed by atoms with Gasteiger partial charge in [-0.2, -0.15) is 0 Å². The van der Waals surface area contributed by atoms with Crippen LogP contribution in [0.5, 0.6) is 0 Å². The number of carboxylic acid groups (broad SMARTS) is 1. The molecule has 3 aromatic rings. The number of piperidine rings is 1. The van der Waals surface area contributed by atoms with Crippen LogP contribution < -0.4 is 20.7 Å². The molecule has 12 nitrogen and oxygen atoms in total. The highest BCUT2D eigenvalue weighted by atomic mass is 35.5. The van der Waals surface area contributed by atoms with Gasteiger partial charge in [0.05, 0.1) is 17.2 Å². The number of sulfonamides is 1. The zero-order valence-electron chi connectivity index (χ0n) is 18.4. The lowest BCUT2D eigenvalue weighted by Crippen LogP contribution is -2.63. The molecule has 35 heavy (non-hydrogen) atoms. The third-order valence-electron chi connectivity index (χ3n) is 6.01. The molecule has 6 N–H and O–H groups in total. The summed E-state index contributed by atoms with van der Waals surface area (Å²) >= 11 is 5.93. The number of primary sulfonamides is 1. The van der Waals surface area contributed by atoms with Crippen molar-refractivity contribution in [2.45, 2.75) is 24.4 Å². The summed E-state index contributed by atoms with van der Waals surface area (Å²) in [6.45, 7) is 0.650. The fraction of sp³-hybridized carbons (Fsp3) is 0.333. The highest BCUT2D eigenvalue weighted by Gasteiger charge is 2.44. The van der Waals surface area contributed by atoms with Crippen LogP contribution in [-0.4, -0.2) is 64.9 Å². The second-order valence-electron chi connectivity index (χ2n) is 8.34. The minimum atomic E-state index is -3.97. The number of nitrogens with one attached hydrogen (secondary N) is 3. The molecule has 1 aliphatic heterocycles. The molecule has 0 saturated carbocycles. The Kier molecular flexibility index (Phi) is 6.83. The number of fused-ring (bicyclic) bond motifs is 1. The lowest BCUT2D eigenvalue weighted by molar-refractivity contribution is -0.129. The number of nitrogens with zero attached hydrogens (tertiary/aromatic N) is 3. The quantitative estimate of drug-likeness (QED) is 0.308. The number of H-pyrrole nitrogens is 1. The van der Waals surface area contributed by atoms with Gasteiger partial charge in [0.1, 0.15) is 23.3 Å². The molecule has 186 valence electrons. The molecular weight excluding hydrogens is 498 g/mol. The molecule has 14 heteroatoms. The standard InChI is InChI=1S/C21H24ClN7O5S/c22-14-3-1-13(2-4-14)16(11-35(23,33)34)27-19(30)21(28-20(31)32)6-9-29(10-7-21)18-15-5-8-24-17(15)25-12-26-18/h1-5,8,12,16,28H,6-7,9-11H2,(H,27,30)(H,31,32)(H2,23,33,34)(H,24,25,26). The summed E-state index contributed by atoms with van der Waals surface area (Å²) in [6.07, 6.45) is 2.08. The first-order valence-electron chi connectivity index (χ1n) is 10.7. The van der Waals surface area contributed by atoms with Gasteiger partial charge >= 0.3 is 6.09 Å². The van der Waals surface area contributed by atoms with Crippen molar-refractivity contribution < 1.29 is 23.1 Å². The van der Waals surface area contributed by atoms with E-state index >= 15 is 0 Å².